The number of amides is 1. The van der Waals surface area contributed by atoms with Crippen molar-refractivity contribution in [3.63, 3.8) is 0 Å². The summed E-state index contributed by atoms with van der Waals surface area (Å²) >= 11 is 0. The van der Waals surface area contributed by atoms with Gasteiger partial charge in [0.15, 0.2) is 0 Å². The molecule has 1 amide bonds. The zero-order valence-electron chi connectivity index (χ0n) is 13.6. The van der Waals surface area contributed by atoms with Gasteiger partial charge in [0.2, 0.25) is 5.91 Å². The number of carbonyl (C=O) groups excluding carboxylic acids is 1. The topological polar surface area (TPSA) is 69.6 Å². The van der Waals surface area contributed by atoms with Crippen LogP contribution < -0.4 is 5.32 Å². The number of rotatable bonds is 5. The number of likely N-dealkylation sites (tertiary alicyclic amines) is 1. The maximum atomic E-state index is 12.1. The van der Waals surface area contributed by atoms with Gasteiger partial charge < -0.3 is 15.3 Å². The summed E-state index contributed by atoms with van der Waals surface area (Å²) < 4.78 is 0. The zero-order chi connectivity index (χ0) is 15.8. The Bertz CT molecular complexity index is 409. The van der Waals surface area contributed by atoms with Gasteiger partial charge in [-0.15, -0.1) is 0 Å². The van der Waals surface area contributed by atoms with E-state index in [0.717, 1.165) is 6.54 Å². The van der Waals surface area contributed by atoms with Crippen LogP contribution in [0.5, 0.6) is 0 Å². The minimum Gasteiger partial charge on any atom is -0.481 e. The van der Waals surface area contributed by atoms with E-state index in [1.807, 2.05) is 0 Å². The first-order valence-corrected chi connectivity index (χ1v) is 7.89. The summed E-state index contributed by atoms with van der Waals surface area (Å²) in [7, 11) is 0. The first kappa shape index (κ1) is 16.3. The summed E-state index contributed by atoms with van der Waals surface area (Å²) in [5.41, 5.74) is 0.672. The SMILES string of the molecule is CC1(C)C(CNCC(=O)N2CCC(C(=O)O)CC2)C1(C)C. The fraction of sp³-hybridized carbons (Fsp3) is 0.875. The molecule has 2 aliphatic rings. The number of hydrogen-bond donors (Lipinski definition) is 2. The van der Waals surface area contributed by atoms with Crippen molar-refractivity contribution in [1.29, 1.82) is 0 Å². The van der Waals surface area contributed by atoms with Crippen molar-refractivity contribution in [2.75, 3.05) is 26.2 Å². The van der Waals surface area contributed by atoms with Gasteiger partial charge in [0, 0.05) is 13.1 Å². The highest BCUT2D eigenvalue weighted by Gasteiger charge is 2.63. The summed E-state index contributed by atoms with van der Waals surface area (Å²) in [6.07, 6.45) is 1.15. The quantitative estimate of drug-likeness (QED) is 0.808. The molecule has 0 radical (unpaired) electrons. The summed E-state index contributed by atoms with van der Waals surface area (Å²) in [5, 5.41) is 12.2. The van der Waals surface area contributed by atoms with E-state index in [1.165, 1.54) is 0 Å². The highest BCUT2D eigenvalue weighted by molar-refractivity contribution is 5.78. The lowest BCUT2D eigenvalue weighted by atomic mass is 9.97. The minimum atomic E-state index is -0.738. The standard InChI is InChI=1S/C16H28N2O3/c1-15(2)12(16(15,3)4)9-17-10-13(19)18-7-5-11(6-8-18)14(20)21/h11-12,17H,5-10H2,1-4H3,(H,20,21). The van der Waals surface area contributed by atoms with E-state index in [0.29, 0.717) is 49.2 Å². The number of aliphatic carboxylic acids is 1. The smallest absolute Gasteiger partial charge is 0.306 e. The van der Waals surface area contributed by atoms with Crippen molar-refractivity contribution >= 4 is 11.9 Å². The summed E-state index contributed by atoms with van der Waals surface area (Å²) in [6.45, 7) is 11.5. The van der Waals surface area contributed by atoms with Crippen molar-refractivity contribution in [3.8, 4) is 0 Å². The molecule has 0 unspecified atom stereocenters. The molecular weight excluding hydrogens is 268 g/mol. The molecule has 2 rings (SSSR count). The van der Waals surface area contributed by atoms with Gasteiger partial charge in [0.05, 0.1) is 12.5 Å². The highest BCUT2D eigenvalue weighted by Crippen LogP contribution is 2.67. The Morgan fingerprint density at radius 1 is 1.14 bits per heavy atom. The largest absolute Gasteiger partial charge is 0.481 e. The Balaban J connectivity index is 1.69. The number of carboxylic acids is 1. The Kier molecular flexibility index (Phi) is 4.34. The van der Waals surface area contributed by atoms with E-state index in [4.69, 9.17) is 5.11 Å². The van der Waals surface area contributed by atoms with Crippen LogP contribution in [-0.4, -0.2) is 48.1 Å². The van der Waals surface area contributed by atoms with Crippen LogP contribution in [0.2, 0.25) is 0 Å². The van der Waals surface area contributed by atoms with Gasteiger partial charge in [-0.3, -0.25) is 9.59 Å². The minimum absolute atomic E-state index is 0.0927. The third-order valence-corrected chi connectivity index (χ3v) is 6.14. The second kappa shape index (κ2) is 5.59. The molecule has 1 aliphatic carbocycles. The first-order chi connectivity index (χ1) is 9.68. The fourth-order valence-electron chi connectivity index (χ4n) is 3.65. The summed E-state index contributed by atoms with van der Waals surface area (Å²) in [4.78, 5) is 24.8. The molecule has 0 atom stereocenters. The lowest BCUT2D eigenvalue weighted by molar-refractivity contribution is -0.145. The van der Waals surface area contributed by atoms with E-state index in [-0.39, 0.29) is 11.8 Å². The van der Waals surface area contributed by atoms with Crippen LogP contribution in [0, 0.1) is 22.7 Å². The van der Waals surface area contributed by atoms with Crippen LogP contribution in [0.1, 0.15) is 40.5 Å². The molecule has 5 nitrogen and oxygen atoms in total. The molecule has 0 aromatic rings. The number of hydrogen-bond acceptors (Lipinski definition) is 3. The predicted molar refractivity (Wildman–Crippen MR) is 80.9 cm³/mol. The lowest BCUT2D eigenvalue weighted by Crippen LogP contribution is -2.44. The van der Waals surface area contributed by atoms with Gasteiger partial charge in [-0.25, -0.2) is 0 Å². The zero-order valence-corrected chi connectivity index (χ0v) is 13.6. The van der Waals surface area contributed by atoms with Crippen molar-refractivity contribution < 1.29 is 14.7 Å². The van der Waals surface area contributed by atoms with Gasteiger partial charge in [-0.1, -0.05) is 27.7 Å². The third kappa shape index (κ3) is 3.07. The fourth-order valence-corrected chi connectivity index (χ4v) is 3.65. The Hall–Kier alpha value is -1.10. The average molecular weight is 296 g/mol. The first-order valence-electron chi connectivity index (χ1n) is 7.89. The van der Waals surface area contributed by atoms with Crippen LogP contribution in [-0.2, 0) is 9.59 Å². The van der Waals surface area contributed by atoms with Crippen LogP contribution in [0.4, 0.5) is 0 Å². The van der Waals surface area contributed by atoms with Crippen LogP contribution >= 0.6 is 0 Å². The van der Waals surface area contributed by atoms with Crippen LogP contribution in [0.25, 0.3) is 0 Å². The summed E-state index contributed by atoms with van der Waals surface area (Å²) in [5.74, 6) is -0.320. The molecule has 1 saturated heterocycles. The van der Waals surface area contributed by atoms with Gasteiger partial charge in [-0.2, -0.15) is 0 Å². The Morgan fingerprint density at radius 2 is 1.67 bits per heavy atom. The lowest BCUT2D eigenvalue weighted by Gasteiger charge is -2.30. The molecule has 0 aromatic heterocycles. The van der Waals surface area contributed by atoms with Crippen molar-refractivity contribution in [2.24, 2.45) is 22.7 Å². The molecule has 2 fully saturated rings. The van der Waals surface area contributed by atoms with E-state index in [9.17, 15) is 9.59 Å². The van der Waals surface area contributed by atoms with E-state index in [1.54, 1.807) is 4.90 Å². The normalized spacial score (nSPS) is 24.9. The maximum absolute atomic E-state index is 12.1. The van der Waals surface area contributed by atoms with Gasteiger partial charge >= 0.3 is 5.97 Å². The number of piperidine rings is 1. The maximum Gasteiger partial charge on any atom is 0.306 e. The predicted octanol–water partition coefficient (Wildman–Crippen LogP) is 1.58. The molecule has 0 aromatic carbocycles. The van der Waals surface area contributed by atoms with Gasteiger partial charge in [0.1, 0.15) is 0 Å². The molecule has 1 aliphatic heterocycles. The van der Waals surface area contributed by atoms with E-state index < -0.39 is 5.97 Å². The molecule has 2 N–H and O–H groups in total. The Morgan fingerprint density at radius 3 is 2.10 bits per heavy atom. The molecule has 1 saturated carbocycles. The average Bonchev–Trinajstić information content (AvgIpc) is 2.80. The van der Waals surface area contributed by atoms with Crippen molar-refractivity contribution in [3.05, 3.63) is 0 Å². The molecule has 1 heterocycles. The third-order valence-electron chi connectivity index (χ3n) is 6.14. The van der Waals surface area contributed by atoms with Crippen molar-refractivity contribution in [1.82, 2.24) is 10.2 Å². The molecule has 0 bridgehead atoms. The van der Waals surface area contributed by atoms with Crippen LogP contribution in [0.15, 0.2) is 0 Å². The second-order valence-electron chi connectivity index (χ2n) is 7.62. The Labute approximate surface area is 127 Å². The number of carbonyl (C=O) groups is 2. The second-order valence-corrected chi connectivity index (χ2v) is 7.62. The van der Waals surface area contributed by atoms with Crippen LogP contribution in [0.3, 0.4) is 0 Å². The van der Waals surface area contributed by atoms with Crippen molar-refractivity contribution in [2.45, 2.75) is 40.5 Å². The van der Waals surface area contributed by atoms with E-state index >= 15 is 0 Å². The molecule has 0 spiro atoms. The highest BCUT2D eigenvalue weighted by atomic mass is 16.4. The molecule has 21 heavy (non-hydrogen) atoms. The number of carboxylic acid groups (broad SMARTS) is 1. The number of nitrogens with zero attached hydrogens (tertiary/aromatic N) is 1. The molecule has 5 heteroatoms. The monoisotopic (exact) mass is 296 g/mol. The van der Waals surface area contributed by atoms with Gasteiger partial charge in [-0.05, 0) is 36.1 Å². The van der Waals surface area contributed by atoms with Gasteiger partial charge in [0.25, 0.3) is 0 Å². The summed E-state index contributed by atoms with van der Waals surface area (Å²) in [6, 6.07) is 0. The molecular formula is C16H28N2O3. The molecule has 120 valence electrons. The number of nitrogens with one attached hydrogen (secondary N) is 1. The van der Waals surface area contributed by atoms with E-state index in [2.05, 4.69) is 33.0 Å².